The van der Waals surface area contributed by atoms with Gasteiger partial charge in [-0.05, 0) is 13.0 Å². The number of nitrogens with one attached hydrogen (secondary N) is 1. The third-order valence-corrected chi connectivity index (χ3v) is 4.00. The van der Waals surface area contributed by atoms with Gasteiger partial charge in [0.1, 0.15) is 5.52 Å². The SMILES string of the molecule is Cc1c(C(=O)CNc2nccs2)[n+](=O)c2ccccc2n1[O-]. The van der Waals surface area contributed by atoms with E-state index in [0.717, 1.165) is 0 Å². The predicted molar refractivity (Wildman–Crippen MR) is 83.7 cm³/mol. The molecule has 3 rings (SSSR count). The van der Waals surface area contributed by atoms with E-state index in [1.807, 2.05) is 0 Å². The monoisotopic (exact) mass is 316 g/mol. The zero-order valence-electron chi connectivity index (χ0n) is 11.6. The third-order valence-electron chi connectivity index (χ3n) is 3.27. The van der Waals surface area contributed by atoms with Crippen LogP contribution in [0.15, 0.2) is 35.8 Å². The number of benzene rings is 1. The smallest absolute Gasteiger partial charge is 0.326 e. The van der Waals surface area contributed by atoms with E-state index >= 15 is 0 Å². The fraction of sp³-hybridized carbons (Fsp3) is 0.143. The molecule has 8 heteroatoms. The Hall–Kier alpha value is -2.74. The number of carbonyl (C=O) groups excluding carboxylic acids is 1. The van der Waals surface area contributed by atoms with E-state index in [9.17, 15) is 14.9 Å². The number of hydrogen-bond donors (Lipinski definition) is 1. The summed E-state index contributed by atoms with van der Waals surface area (Å²) in [6.07, 6.45) is 1.61. The van der Waals surface area contributed by atoms with Gasteiger partial charge < -0.3 is 15.3 Å². The molecule has 1 aromatic carbocycles. The number of anilines is 1. The Morgan fingerprint density at radius 1 is 1.45 bits per heavy atom. The summed E-state index contributed by atoms with van der Waals surface area (Å²) >= 11 is 1.35. The van der Waals surface area contributed by atoms with Gasteiger partial charge in [-0.25, -0.2) is 4.98 Å². The first kappa shape index (κ1) is 14.2. The van der Waals surface area contributed by atoms with Gasteiger partial charge in [0.15, 0.2) is 5.13 Å². The number of carbonyl (C=O) groups is 1. The van der Waals surface area contributed by atoms with Crippen LogP contribution in [-0.4, -0.2) is 22.0 Å². The lowest BCUT2D eigenvalue weighted by Gasteiger charge is -2.15. The van der Waals surface area contributed by atoms with Crippen LogP contribution in [-0.2, 0) is 0 Å². The molecule has 0 spiro atoms. The Morgan fingerprint density at radius 3 is 2.95 bits per heavy atom. The molecule has 0 unspecified atom stereocenters. The molecule has 22 heavy (non-hydrogen) atoms. The molecule has 112 valence electrons. The van der Waals surface area contributed by atoms with Gasteiger partial charge in [0.25, 0.3) is 11.3 Å². The fourth-order valence-corrected chi connectivity index (χ4v) is 2.75. The van der Waals surface area contributed by atoms with E-state index in [0.29, 0.717) is 14.3 Å². The van der Waals surface area contributed by atoms with Crippen LogP contribution in [0.5, 0.6) is 0 Å². The highest BCUT2D eigenvalue weighted by Crippen LogP contribution is 2.15. The number of fused-ring (bicyclic) bond motifs is 1. The molecule has 3 aromatic rings. The Morgan fingerprint density at radius 2 is 2.23 bits per heavy atom. The molecule has 0 fully saturated rings. The van der Waals surface area contributed by atoms with Crippen LogP contribution >= 0.6 is 11.3 Å². The third kappa shape index (κ3) is 2.33. The fourth-order valence-electron chi connectivity index (χ4n) is 2.22. The van der Waals surface area contributed by atoms with Crippen molar-refractivity contribution in [1.82, 2.24) is 9.71 Å². The quantitative estimate of drug-likeness (QED) is 0.586. The Labute approximate surface area is 129 Å². The number of para-hydroxylation sites is 2. The highest BCUT2D eigenvalue weighted by atomic mass is 32.1. The van der Waals surface area contributed by atoms with Crippen molar-refractivity contribution in [3.05, 3.63) is 57.3 Å². The molecule has 0 saturated heterocycles. The number of rotatable bonds is 4. The molecular formula is C14H12N4O3S. The number of thiazole rings is 1. The zero-order chi connectivity index (χ0) is 15.7. The van der Waals surface area contributed by atoms with Crippen molar-refractivity contribution in [1.29, 1.82) is 0 Å². The summed E-state index contributed by atoms with van der Waals surface area (Å²) in [5, 5.41) is 17.4. The second kappa shape index (κ2) is 5.57. The van der Waals surface area contributed by atoms with Gasteiger partial charge in [0.05, 0.1) is 16.7 Å². The van der Waals surface area contributed by atoms with Crippen molar-refractivity contribution >= 4 is 33.3 Å². The van der Waals surface area contributed by atoms with Crippen LogP contribution in [0.25, 0.3) is 11.0 Å². The molecule has 0 bridgehead atoms. The van der Waals surface area contributed by atoms with Crippen LogP contribution in [0.2, 0.25) is 0 Å². The summed E-state index contributed by atoms with van der Waals surface area (Å²) in [5.74, 6) is -0.460. The van der Waals surface area contributed by atoms with Crippen LogP contribution in [0.1, 0.15) is 16.2 Å². The lowest BCUT2D eigenvalue weighted by Crippen LogP contribution is -2.33. The molecule has 2 heterocycles. The predicted octanol–water partition coefficient (Wildman–Crippen LogP) is 1.96. The molecule has 0 atom stereocenters. The van der Waals surface area contributed by atoms with Crippen molar-refractivity contribution in [3.8, 4) is 0 Å². The number of hydrogen-bond acceptors (Lipinski definition) is 6. The standard InChI is InChI=1S/C14H12N4O3S/c1-9-13(12(19)8-16-14-15-6-7-22-14)18(21)11-5-3-2-4-10(11)17(9)20/h2-7H,8H2,1H3,(H,15,16). The minimum absolute atomic E-state index is 0.0830. The average Bonchev–Trinajstić information content (AvgIpc) is 3.04. The molecule has 0 amide bonds. The second-order valence-corrected chi connectivity index (χ2v) is 5.52. The van der Waals surface area contributed by atoms with E-state index in [4.69, 9.17) is 0 Å². The summed E-state index contributed by atoms with van der Waals surface area (Å²) in [4.78, 5) is 28.7. The minimum atomic E-state index is -0.460. The Kier molecular flexibility index (Phi) is 3.60. The van der Waals surface area contributed by atoms with Crippen molar-refractivity contribution in [2.24, 2.45) is 0 Å². The van der Waals surface area contributed by atoms with Gasteiger partial charge in [-0.15, -0.1) is 11.3 Å². The second-order valence-electron chi connectivity index (χ2n) is 4.63. The van der Waals surface area contributed by atoms with Gasteiger partial charge in [-0.1, -0.05) is 12.1 Å². The highest BCUT2D eigenvalue weighted by molar-refractivity contribution is 7.13. The van der Waals surface area contributed by atoms with E-state index in [2.05, 4.69) is 10.3 Å². The van der Waals surface area contributed by atoms with Crippen LogP contribution in [0.4, 0.5) is 5.13 Å². The zero-order valence-corrected chi connectivity index (χ0v) is 12.5. The average molecular weight is 316 g/mol. The number of nitrogens with zero attached hydrogens (tertiary/aromatic N) is 3. The van der Waals surface area contributed by atoms with Gasteiger partial charge in [-0.2, -0.15) is 0 Å². The summed E-state index contributed by atoms with van der Waals surface area (Å²) in [6, 6.07) is 6.38. The number of Topliss-reactive ketones (excluding diaryl/α,β-unsaturated/α-hetero) is 1. The molecule has 0 saturated carbocycles. The highest BCUT2D eigenvalue weighted by Gasteiger charge is 2.26. The van der Waals surface area contributed by atoms with Gasteiger partial charge in [-0.3, -0.25) is 4.79 Å². The molecule has 0 aliphatic heterocycles. The largest absolute Gasteiger partial charge is 0.805 e. The number of aromatic nitrogens is 3. The molecule has 0 radical (unpaired) electrons. The Balaban J connectivity index is 2.03. The molecular weight excluding hydrogens is 304 g/mol. The van der Waals surface area contributed by atoms with Gasteiger partial charge >= 0.3 is 5.69 Å². The lowest BCUT2D eigenvalue weighted by atomic mass is 10.2. The summed E-state index contributed by atoms with van der Waals surface area (Å²) in [7, 11) is 0. The first-order valence-corrected chi connectivity index (χ1v) is 7.38. The maximum atomic E-state index is 12.4. The topological polar surface area (TPSA) is 93.0 Å². The van der Waals surface area contributed by atoms with E-state index in [1.165, 1.54) is 24.3 Å². The summed E-state index contributed by atoms with van der Waals surface area (Å²) in [6.45, 7) is 1.36. The molecule has 0 aliphatic rings. The van der Waals surface area contributed by atoms with E-state index in [1.54, 1.807) is 29.8 Å². The molecule has 1 N–H and O–H groups in total. The van der Waals surface area contributed by atoms with E-state index < -0.39 is 5.78 Å². The van der Waals surface area contributed by atoms with Crippen LogP contribution < -0.4 is 9.74 Å². The molecule has 2 aromatic heterocycles. The Bertz CT molecular complexity index is 902. The molecule has 7 nitrogen and oxygen atoms in total. The van der Waals surface area contributed by atoms with Crippen molar-refractivity contribution in [2.75, 3.05) is 11.9 Å². The van der Waals surface area contributed by atoms with Gasteiger partial charge in [0, 0.05) is 22.6 Å². The minimum Gasteiger partial charge on any atom is -0.805 e. The van der Waals surface area contributed by atoms with Crippen molar-refractivity contribution < 1.29 is 9.22 Å². The van der Waals surface area contributed by atoms with Gasteiger partial charge in [0.2, 0.25) is 0 Å². The van der Waals surface area contributed by atoms with Crippen LogP contribution in [0, 0.1) is 17.0 Å². The number of ketones is 1. The van der Waals surface area contributed by atoms with E-state index in [-0.39, 0.29) is 29.0 Å². The maximum absolute atomic E-state index is 12.4. The maximum Gasteiger partial charge on any atom is 0.326 e. The first-order chi connectivity index (χ1) is 10.6. The van der Waals surface area contributed by atoms with Crippen molar-refractivity contribution in [2.45, 2.75) is 6.92 Å². The van der Waals surface area contributed by atoms with Crippen LogP contribution in [0.3, 0.4) is 0 Å². The summed E-state index contributed by atoms with van der Waals surface area (Å²) in [5.41, 5.74) is 0.331. The first-order valence-electron chi connectivity index (χ1n) is 6.50. The normalized spacial score (nSPS) is 10.8. The summed E-state index contributed by atoms with van der Waals surface area (Å²) < 4.78 is 1.13. The van der Waals surface area contributed by atoms with Crippen molar-refractivity contribution in [3.63, 3.8) is 0 Å². The molecule has 0 aliphatic carbocycles. The lowest BCUT2D eigenvalue weighted by molar-refractivity contribution is -0.468.